The molecule has 0 radical (unpaired) electrons. The molecule has 192 valence electrons. The molecule has 0 fully saturated rings. The van der Waals surface area contributed by atoms with Gasteiger partial charge in [0.05, 0.1) is 6.42 Å². The molecule has 3 N–H and O–H groups in total. The fraction of sp³-hybridized carbons (Fsp3) is 0.100. The topological polar surface area (TPSA) is 87.3 Å². The first kappa shape index (κ1) is 27.0. The third-order valence-electron chi connectivity index (χ3n) is 5.46. The summed E-state index contributed by atoms with van der Waals surface area (Å²) >= 11 is 7.32. The Bertz CT molecular complexity index is 1410. The van der Waals surface area contributed by atoms with Crippen molar-refractivity contribution in [1.29, 1.82) is 0 Å². The molecular weight excluding hydrogens is 518 g/mol. The second-order valence-corrected chi connectivity index (χ2v) is 10.2. The maximum Gasteiger partial charge on any atom is 0.242 e. The van der Waals surface area contributed by atoms with Crippen LogP contribution in [0.4, 0.5) is 17.1 Å². The van der Waals surface area contributed by atoms with Gasteiger partial charge in [0, 0.05) is 33.9 Å². The number of carbonyl (C=O) groups is 3. The first-order chi connectivity index (χ1) is 18.4. The number of carbonyl (C=O) groups excluding carboxylic acids is 3. The number of amides is 3. The van der Waals surface area contributed by atoms with Gasteiger partial charge in [0.15, 0.2) is 0 Å². The lowest BCUT2D eigenvalue weighted by Crippen LogP contribution is -2.19. The van der Waals surface area contributed by atoms with E-state index in [1.54, 1.807) is 36.4 Å². The predicted molar refractivity (Wildman–Crippen MR) is 155 cm³/mol. The van der Waals surface area contributed by atoms with Gasteiger partial charge in [0.25, 0.3) is 0 Å². The largest absolute Gasteiger partial charge is 0.326 e. The van der Waals surface area contributed by atoms with Crippen LogP contribution in [-0.4, -0.2) is 17.7 Å². The average Bonchev–Trinajstić information content (AvgIpc) is 2.90. The second-order valence-electron chi connectivity index (χ2n) is 8.54. The minimum Gasteiger partial charge on any atom is -0.326 e. The van der Waals surface area contributed by atoms with E-state index in [2.05, 4.69) is 16.0 Å². The molecule has 0 aliphatic carbocycles. The number of hydrogen-bond donors (Lipinski definition) is 3. The maximum atomic E-state index is 13.4. The summed E-state index contributed by atoms with van der Waals surface area (Å²) in [6.07, 6.45) is 0.226. The van der Waals surface area contributed by atoms with Crippen LogP contribution in [0.15, 0.2) is 108 Å². The van der Waals surface area contributed by atoms with Crippen molar-refractivity contribution in [3.63, 3.8) is 0 Å². The van der Waals surface area contributed by atoms with E-state index < -0.39 is 5.25 Å². The lowest BCUT2D eigenvalue weighted by Gasteiger charge is -2.18. The zero-order chi connectivity index (χ0) is 26.9. The lowest BCUT2D eigenvalue weighted by molar-refractivity contribution is -0.116. The Balaban J connectivity index is 1.46. The Hall–Kier alpha value is -4.07. The SMILES string of the molecule is CC(=O)Nc1ccc(NC(=O)C(Sc2cccc(NC(=O)Cc3ccc(Cl)cc3)c2)c2ccccc2)cc1. The fourth-order valence-electron chi connectivity index (χ4n) is 3.72. The van der Waals surface area contributed by atoms with Crippen molar-refractivity contribution >= 4 is 58.1 Å². The summed E-state index contributed by atoms with van der Waals surface area (Å²) in [7, 11) is 0. The van der Waals surface area contributed by atoms with Gasteiger partial charge in [-0.2, -0.15) is 0 Å². The third kappa shape index (κ3) is 7.96. The van der Waals surface area contributed by atoms with E-state index in [1.165, 1.54) is 18.7 Å². The molecule has 0 aromatic heterocycles. The molecule has 0 saturated heterocycles. The van der Waals surface area contributed by atoms with Crippen molar-refractivity contribution in [3.8, 4) is 0 Å². The highest BCUT2D eigenvalue weighted by atomic mass is 35.5. The van der Waals surface area contributed by atoms with Crippen molar-refractivity contribution in [2.75, 3.05) is 16.0 Å². The summed E-state index contributed by atoms with van der Waals surface area (Å²) in [4.78, 5) is 38.1. The van der Waals surface area contributed by atoms with Crippen molar-refractivity contribution in [1.82, 2.24) is 0 Å². The van der Waals surface area contributed by atoms with Gasteiger partial charge in [-0.25, -0.2) is 0 Å². The molecule has 0 aliphatic heterocycles. The Labute approximate surface area is 230 Å². The summed E-state index contributed by atoms with van der Waals surface area (Å²) in [5.41, 5.74) is 3.63. The number of nitrogens with one attached hydrogen (secondary N) is 3. The zero-order valence-electron chi connectivity index (χ0n) is 20.6. The van der Waals surface area contributed by atoms with Crippen LogP contribution in [0.1, 0.15) is 23.3 Å². The molecule has 0 heterocycles. The minimum absolute atomic E-state index is 0.144. The quantitative estimate of drug-likeness (QED) is 0.199. The van der Waals surface area contributed by atoms with E-state index in [-0.39, 0.29) is 24.1 Å². The Morgan fingerprint density at radius 2 is 1.39 bits per heavy atom. The van der Waals surface area contributed by atoms with Crippen LogP contribution in [0.5, 0.6) is 0 Å². The first-order valence-corrected chi connectivity index (χ1v) is 13.2. The van der Waals surface area contributed by atoms with Crippen LogP contribution < -0.4 is 16.0 Å². The third-order valence-corrected chi connectivity index (χ3v) is 6.96. The summed E-state index contributed by atoms with van der Waals surface area (Å²) in [6.45, 7) is 1.44. The highest BCUT2D eigenvalue weighted by Crippen LogP contribution is 2.37. The normalized spacial score (nSPS) is 11.3. The number of benzene rings is 4. The lowest BCUT2D eigenvalue weighted by atomic mass is 10.1. The van der Waals surface area contributed by atoms with E-state index >= 15 is 0 Å². The van der Waals surface area contributed by atoms with Crippen LogP contribution >= 0.6 is 23.4 Å². The van der Waals surface area contributed by atoms with E-state index in [1.807, 2.05) is 66.7 Å². The summed E-state index contributed by atoms with van der Waals surface area (Å²) in [5.74, 6) is -0.495. The molecule has 4 aromatic rings. The number of halogens is 1. The maximum absolute atomic E-state index is 13.4. The number of anilines is 3. The smallest absolute Gasteiger partial charge is 0.242 e. The molecule has 1 atom stereocenters. The molecule has 0 bridgehead atoms. The summed E-state index contributed by atoms with van der Waals surface area (Å²) in [5, 5.41) is 8.70. The van der Waals surface area contributed by atoms with Gasteiger partial charge in [0.1, 0.15) is 5.25 Å². The predicted octanol–water partition coefficient (Wildman–Crippen LogP) is 6.95. The monoisotopic (exact) mass is 543 g/mol. The van der Waals surface area contributed by atoms with Gasteiger partial charge in [-0.1, -0.05) is 60.1 Å². The molecule has 4 aromatic carbocycles. The highest BCUT2D eigenvalue weighted by Gasteiger charge is 2.22. The van der Waals surface area contributed by atoms with E-state index in [0.717, 1.165) is 16.0 Å². The van der Waals surface area contributed by atoms with E-state index in [4.69, 9.17) is 11.6 Å². The highest BCUT2D eigenvalue weighted by molar-refractivity contribution is 8.00. The van der Waals surface area contributed by atoms with Gasteiger partial charge < -0.3 is 16.0 Å². The van der Waals surface area contributed by atoms with Crippen LogP contribution in [-0.2, 0) is 20.8 Å². The van der Waals surface area contributed by atoms with Crippen molar-refractivity contribution in [2.24, 2.45) is 0 Å². The molecule has 0 spiro atoms. The molecule has 6 nitrogen and oxygen atoms in total. The Morgan fingerprint density at radius 3 is 2.05 bits per heavy atom. The van der Waals surface area contributed by atoms with Crippen molar-refractivity contribution in [3.05, 3.63) is 119 Å². The number of rotatable bonds is 9. The van der Waals surface area contributed by atoms with Crippen LogP contribution in [0.3, 0.4) is 0 Å². The number of hydrogen-bond acceptors (Lipinski definition) is 4. The van der Waals surface area contributed by atoms with Gasteiger partial charge in [0.2, 0.25) is 17.7 Å². The van der Waals surface area contributed by atoms with Gasteiger partial charge in [-0.15, -0.1) is 11.8 Å². The molecule has 1 unspecified atom stereocenters. The summed E-state index contributed by atoms with van der Waals surface area (Å²) in [6, 6.07) is 31.1. The zero-order valence-corrected chi connectivity index (χ0v) is 22.2. The minimum atomic E-state index is -0.536. The standard InChI is InChI=1S/C30H26ClN3O3S/c1-20(35)32-24-14-16-25(17-15-24)34-30(37)29(22-6-3-2-4-7-22)38-27-9-5-8-26(19-27)33-28(36)18-21-10-12-23(31)13-11-21/h2-17,19,29H,18H2,1H3,(H,32,35)(H,33,36)(H,34,37). The average molecular weight is 544 g/mol. The Kier molecular flexibility index (Phi) is 9.19. The molecule has 0 aliphatic rings. The first-order valence-electron chi connectivity index (χ1n) is 11.9. The van der Waals surface area contributed by atoms with Crippen LogP contribution in [0, 0.1) is 0 Å². The molecule has 38 heavy (non-hydrogen) atoms. The molecule has 3 amide bonds. The van der Waals surface area contributed by atoms with Gasteiger partial charge >= 0.3 is 0 Å². The molecule has 0 saturated carbocycles. The Morgan fingerprint density at radius 1 is 0.737 bits per heavy atom. The van der Waals surface area contributed by atoms with E-state index in [9.17, 15) is 14.4 Å². The van der Waals surface area contributed by atoms with Crippen LogP contribution in [0.2, 0.25) is 5.02 Å². The summed E-state index contributed by atoms with van der Waals surface area (Å²) < 4.78 is 0. The van der Waals surface area contributed by atoms with Crippen LogP contribution in [0.25, 0.3) is 0 Å². The van der Waals surface area contributed by atoms with Crippen molar-refractivity contribution < 1.29 is 14.4 Å². The second kappa shape index (κ2) is 12.9. The van der Waals surface area contributed by atoms with Gasteiger partial charge in [-0.3, -0.25) is 14.4 Å². The van der Waals surface area contributed by atoms with Gasteiger partial charge in [-0.05, 0) is 65.7 Å². The van der Waals surface area contributed by atoms with E-state index in [0.29, 0.717) is 22.1 Å². The van der Waals surface area contributed by atoms with Crippen molar-refractivity contribution in [2.45, 2.75) is 23.5 Å². The fourth-order valence-corrected chi connectivity index (χ4v) is 4.93. The molecule has 4 rings (SSSR count). The number of thioether (sulfide) groups is 1. The molecule has 8 heteroatoms. The molecular formula is C30H26ClN3O3S.